The fraction of sp³-hybridized carbons (Fsp3) is 0.667. The molecule has 3 unspecified atom stereocenters. The predicted molar refractivity (Wildman–Crippen MR) is 122 cm³/mol. The molecule has 5 nitrogen and oxygen atoms in total. The summed E-state index contributed by atoms with van der Waals surface area (Å²) in [4.78, 5) is 6.74. The second-order valence-corrected chi connectivity index (χ2v) is 11.2. The number of guanidine groups is 1. The largest absolute Gasteiger partial charge is 0.356 e. The molecule has 1 aromatic rings. The first kappa shape index (κ1) is 23.2. The van der Waals surface area contributed by atoms with Crippen LogP contribution in [0.1, 0.15) is 45.2 Å². The third-order valence-corrected chi connectivity index (χ3v) is 7.39. The van der Waals surface area contributed by atoms with Gasteiger partial charge in [0.15, 0.2) is 5.96 Å². The van der Waals surface area contributed by atoms with Crippen molar-refractivity contribution < 1.29 is 4.21 Å². The second kappa shape index (κ2) is 10.6. The molecule has 0 bridgehead atoms. The number of hydrogen-bond acceptors (Lipinski definition) is 3. The van der Waals surface area contributed by atoms with E-state index in [0.29, 0.717) is 24.3 Å². The van der Waals surface area contributed by atoms with Crippen LogP contribution in [0.3, 0.4) is 0 Å². The molecule has 1 heterocycles. The van der Waals surface area contributed by atoms with E-state index in [1.54, 1.807) is 7.05 Å². The maximum atomic E-state index is 12.2. The second-order valence-electron chi connectivity index (χ2n) is 8.42. The minimum Gasteiger partial charge on any atom is -0.356 e. The summed E-state index contributed by atoms with van der Waals surface area (Å²) in [6.45, 7) is 8.60. The first-order valence-electron chi connectivity index (χ1n) is 10.0. The van der Waals surface area contributed by atoms with Crippen LogP contribution in [-0.4, -0.2) is 59.3 Å². The number of rotatable bonds is 6. The minimum absolute atomic E-state index is 0.185. The van der Waals surface area contributed by atoms with Gasteiger partial charge in [-0.25, -0.2) is 0 Å². The molecule has 1 aliphatic rings. The lowest BCUT2D eigenvalue weighted by atomic mass is 9.85. The van der Waals surface area contributed by atoms with Crippen LogP contribution >= 0.6 is 11.6 Å². The molecule has 1 fully saturated rings. The number of hydrogen-bond donors (Lipinski definition) is 2. The molecule has 0 spiro atoms. The van der Waals surface area contributed by atoms with Crippen molar-refractivity contribution in [1.82, 2.24) is 15.5 Å². The number of nitrogens with one attached hydrogen (secondary N) is 2. The molecule has 0 radical (unpaired) electrons. The van der Waals surface area contributed by atoms with E-state index in [0.717, 1.165) is 24.1 Å². The quantitative estimate of drug-likeness (QED) is 0.540. The zero-order valence-corrected chi connectivity index (χ0v) is 19.4. The molecule has 2 rings (SSSR count). The highest BCUT2D eigenvalue weighted by molar-refractivity contribution is 7.86. The van der Waals surface area contributed by atoms with Crippen molar-refractivity contribution in [2.24, 2.45) is 10.9 Å². The lowest BCUT2D eigenvalue weighted by Gasteiger charge is -2.40. The van der Waals surface area contributed by atoms with Gasteiger partial charge in [0.1, 0.15) is 0 Å². The standard InChI is InChI=1S/C21H35ClN4OS/c1-21(2,3)28(27)13-11-24-20(23-4)25-15-17-9-7-12-26(5)19(17)16-8-6-10-18(22)14-16/h6,8,10,14,17,19H,7,9,11-13,15H2,1-5H3,(H2,23,24,25). The Morgan fingerprint density at radius 1 is 1.36 bits per heavy atom. The van der Waals surface area contributed by atoms with Crippen molar-refractivity contribution in [2.45, 2.75) is 44.4 Å². The van der Waals surface area contributed by atoms with Crippen LogP contribution in [0.4, 0.5) is 0 Å². The number of piperidine rings is 1. The van der Waals surface area contributed by atoms with Crippen LogP contribution in [-0.2, 0) is 10.8 Å². The van der Waals surface area contributed by atoms with Crippen LogP contribution in [0.5, 0.6) is 0 Å². The molecule has 0 aliphatic carbocycles. The Morgan fingerprint density at radius 3 is 2.75 bits per heavy atom. The van der Waals surface area contributed by atoms with Gasteiger partial charge >= 0.3 is 0 Å². The van der Waals surface area contributed by atoms with E-state index in [-0.39, 0.29) is 4.75 Å². The Bertz CT molecular complexity index is 689. The summed E-state index contributed by atoms with van der Waals surface area (Å²) in [7, 11) is 3.10. The Morgan fingerprint density at radius 2 is 2.11 bits per heavy atom. The van der Waals surface area contributed by atoms with Gasteiger partial charge in [-0.2, -0.15) is 0 Å². The summed E-state index contributed by atoms with van der Waals surface area (Å²) in [6, 6.07) is 8.54. The molecule has 1 saturated heterocycles. The summed E-state index contributed by atoms with van der Waals surface area (Å²) in [6.07, 6.45) is 2.36. The van der Waals surface area contributed by atoms with Gasteiger partial charge in [-0.05, 0) is 70.8 Å². The highest BCUT2D eigenvalue weighted by Gasteiger charge is 2.30. The van der Waals surface area contributed by atoms with Crippen molar-refractivity contribution in [3.63, 3.8) is 0 Å². The van der Waals surface area contributed by atoms with Crippen molar-refractivity contribution in [2.75, 3.05) is 39.5 Å². The Labute approximate surface area is 177 Å². The predicted octanol–water partition coefficient (Wildman–Crippen LogP) is 3.44. The van der Waals surface area contributed by atoms with E-state index in [2.05, 4.69) is 39.7 Å². The molecule has 7 heteroatoms. The van der Waals surface area contributed by atoms with Crippen LogP contribution in [0.25, 0.3) is 0 Å². The van der Waals surface area contributed by atoms with E-state index < -0.39 is 10.8 Å². The third kappa shape index (κ3) is 6.75. The topological polar surface area (TPSA) is 56.7 Å². The van der Waals surface area contributed by atoms with E-state index in [4.69, 9.17) is 11.6 Å². The molecule has 2 N–H and O–H groups in total. The molecule has 3 atom stereocenters. The molecule has 28 heavy (non-hydrogen) atoms. The lowest BCUT2D eigenvalue weighted by Crippen LogP contribution is -2.46. The van der Waals surface area contributed by atoms with Gasteiger partial charge in [0.05, 0.1) is 0 Å². The van der Waals surface area contributed by atoms with Crippen LogP contribution in [0, 0.1) is 5.92 Å². The molecular weight excluding hydrogens is 392 g/mol. The van der Waals surface area contributed by atoms with Crippen molar-refractivity contribution in [3.05, 3.63) is 34.9 Å². The molecule has 1 aliphatic heterocycles. The fourth-order valence-electron chi connectivity index (χ4n) is 3.71. The summed E-state index contributed by atoms with van der Waals surface area (Å²) in [5.74, 6) is 1.85. The van der Waals surface area contributed by atoms with E-state index in [1.807, 2.05) is 32.9 Å². The van der Waals surface area contributed by atoms with Gasteiger partial charge in [0.2, 0.25) is 0 Å². The molecule has 0 amide bonds. The van der Waals surface area contributed by atoms with Crippen molar-refractivity contribution in [3.8, 4) is 0 Å². The van der Waals surface area contributed by atoms with E-state index in [9.17, 15) is 4.21 Å². The maximum Gasteiger partial charge on any atom is 0.191 e. The summed E-state index contributed by atoms with van der Waals surface area (Å²) < 4.78 is 12.0. The highest BCUT2D eigenvalue weighted by Crippen LogP contribution is 2.35. The lowest BCUT2D eigenvalue weighted by molar-refractivity contribution is 0.122. The number of aliphatic imine (C=N–C) groups is 1. The van der Waals surface area contributed by atoms with Crippen LogP contribution < -0.4 is 10.6 Å². The third-order valence-electron chi connectivity index (χ3n) is 5.22. The van der Waals surface area contributed by atoms with Gasteiger partial charge in [-0.3, -0.25) is 14.1 Å². The van der Waals surface area contributed by atoms with Crippen LogP contribution in [0.2, 0.25) is 5.02 Å². The van der Waals surface area contributed by atoms with Gasteiger partial charge in [0, 0.05) is 52.5 Å². The Hall–Kier alpha value is -1.11. The molecule has 158 valence electrons. The minimum atomic E-state index is -0.866. The first-order chi connectivity index (χ1) is 13.2. The number of likely N-dealkylation sites (tertiary alicyclic amines) is 1. The number of halogens is 1. The van der Waals surface area contributed by atoms with Gasteiger partial charge in [-0.15, -0.1) is 0 Å². The molecule has 1 aromatic carbocycles. The zero-order chi connectivity index (χ0) is 20.7. The molecule has 0 saturated carbocycles. The summed E-state index contributed by atoms with van der Waals surface area (Å²) in [5.41, 5.74) is 1.27. The smallest absolute Gasteiger partial charge is 0.191 e. The van der Waals surface area contributed by atoms with Gasteiger partial charge in [-0.1, -0.05) is 23.7 Å². The normalized spacial score (nSPS) is 22.7. The summed E-state index contributed by atoms with van der Waals surface area (Å²) in [5, 5.41) is 7.55. The van der Waals surface area contributed by atoms with Crippen LogP contribution in [0.15, 0.2) is 29.3 Å². The van der Waals surface area contributed by atoms with Crippen molar-refractivity contribution >= 4 is 28.4 Å². The molecular formula is C21H35ClN4OS. The number of benzene rings is 1. The Balaban J connectivity index is 1.93. The summed E-state index contributed by atoms with van der Waals surface area (Å²) >= 11 is 6.24. The maximum absolute atomic E-state index is 12.2. The monoisotopic (exact) mass is 426 g/mol. The van der Waals surface area contributed by atoms with Crippen molar-refractivity contribution in [1.29, 1.82) is 0 Å². The Kier molecular flexibility index (Phi) is 8.78. The van der Waals surface area contributed by atoms with E-state index in [1.165, 1.54) is 18.4 Å². The zero-order valence-electron chi connectivity index (χ0n) is 17.8. The number of nitrogens with zero attached hydrogens (tertiary/aromatic N) is 2. The van der Waals surface area contributed by atoms with E-state index >= 15 is 0 Å². The molecule has 0 aromatic heterocycles. The SMILES string of the molecule is CN=C(NCCS(=O)C(C)(C)C)NCC1CCCN(C)C1c1cccc(Cl)c1. The van der Waals surface area contributed by atoms with Gasteiger partial charge < -0.3 is 10.6 Å². The average molecular weight is 427 g/mol. The highest BCUT2D eigenvalue weighted by atomic mass is 35.5. The van der Waals surface area contributed by atoms with Gasteiger partial charge in [0.25, 0.3) is 0 Å². The average Bonchev–Trinajstić information content (AvgIpc) is 2.63. The first-order valence-corrected chi connectivity index (χ1v) is 11.7. The fourth-order valence-corrected chi connectivity index (χ4v) is 4.81.